The van der Waals surface area contributed by atoms with E-state index in [2.05, 4.69) is 6.92 Å². The maximum absolute atomic E-state index is 10.5. The highest BCUT2D eigenvalue weighted by Gasteiger charge is 2.07. The lowest BCUT2D eigenvalue weighted by Crippen LogP contribution is -2.02. The van der Waals surface area contributed by atoms with Crippen molar-refractivity contribution in [3.63, 3.8) is 0 Å². The van der Waals surface area contributed by atoms with Gasteiger partial charge in [-0.2, -0.15) is 8.42 Å². The third-order valence-electron chi connectivity index (χ3n) is 1.46. The molecule has 1 aromatic rings. The standard InChI is InChI=1S/C8H9O3S/c1-7-4-2-3-5-8(7)6-12(9,10)11/h2-5H,1,6H2,(H,9,10,11). The Balaban J connectivity index is 2.98. The van der Waals surface area contributed by atoms with E-state index in [9.17, 15) is 8.42 Å². The maximum Gasteiger partial charge on any atom is 0.269 e. The van der Waals surface area contributed by atoms with Crippen LogP contribution in [0.15, 0.2) is 24.3 Å². The zero-order chi connectivity index (χ0) is 9.19. The minimum Gasteiger partial charge on any atom is -0.285 e. The second-order valence-electron chi connectivity index (χ2n) is 2.49. The Labute approximate surface area is 71.8 Å². The SMILES string of the molecule is [CH2]c1ccccc1CS(=O)(=O)O. The summed E-state index contributed by atoms with van der Waals surface area (Å²) in [7, 11) is -3.94. The molecule has 1 N–H and O–H groups in total. The summed E-state index contributed by atoms with van der Waals surface area (Å²) in [5.41, 5.74) is 1.15. The molecule has 0 unspecified atom stereocenters. The van der Waals surface area contributed by atoms with Crippen LogP contribution in [0.3, 0.4) is 0 Å². The highest BCUT2D eigenvalue weighted by Crippen LogP contribution is 2.09. The third kappa shape index (κ3) is 2.64. The van der Waals surface area contributed by atoms with Crippen LogP contribution in [0.1, 0.15) is 11.1 Å². The summed E-state index contributed by atoms with van der Waals surface area (Å²) < 4.78 is 29.5. The molecule has 0 amide bonds. The molecule has 3 nitrogen and oxygen atoms in total. The highest BCUT2D eigenvalue weighted by atomic mass is 32.2. The zero-order valence-electron chi connectivity index (χ0n) is 6.40. The third-order valence-corrected chi connectivity index (χ3v) is 2.13. The molecule has 4 heteroatoms. The van der Waals surface area contributed by atoms with Crippen molar-refractivity contribution in [2.45, 2.75) is 5.75 Å². The smallest absolute Gasteiger partial charge is 0.269 e. The van der Waals surface area contributed by atoms with Gasteiger partial charge in [-0.25, -0.2) is 0 Å². The van der Waals surface area contributed by atoms with Gasteiger partial charge in [-0.3, -0.25) is 4.55 Å². The molecule has 0 aliphatic rings. The molecule has 1 aromatic carbocycles. The summed E-state index contributed by atoms with van der Waals surface area (Å²) in [6.45, 7) is 3.63. The monoisotopic (exact) mass is 185 g/mol. The van der Waals surface area contributed by atoms with E-state index in [1.165, 1.54) is 0 Å². The molecule has 0 atom stereocenters. The van der Waals surface area contributed by atoms with Crippen LogP contribution >= 0.6 is 0 Å². The molecule has 0 heterocycles. The molecule has 1 radical (unpaired) electrons. The van der Waals surface area contributed by atoms with E-state index in [-0.39, 0.29) is 5.75 Å². The predicted molar refractivity (Wildman–Crippen MR) is 46.2 cm³/mol. The fourth-order valence-corrected chi connectivity index (χ4v) is 1.57. The lowest BCUT2D eigenvalue weighted by Gasteiger charge is -2.01. The van der Waals surface area contributed by atoms with E-state index < -0.39 is 10.1 Å². The fourth-order valence-electron chi connectivity index (χ4n) is 0.895. The van der Waals surface area contributed by atoms with Crippen molar-refractivity contribution in [3.05, 3.63) is 42.3 Å². The molecule has 0 saturated heterocycles. The van der Waals surface area contributed by atoms with Gasteiger partial charge >= 0.3 is 0 Å². The van der Waals surface area contributed by atoms with E-state index in [0.717, 1.165) is 0 Å². The normalized spacial score (nSPS) is 11.5. The Hall–Kier alpha value is -0.870. The van der Waals surface area contributed by atoms with Gasteiger partial charge in [0.05, 0.1) is 0 Å². The molecule has 1 rings (SSSR count). The first-order valence-electron chi connectivity index (χ1n) is 3.34. The van der Waals surface area contributed by atoms with Crippen LogP contribution in [0, 0.1) is 6.92 Å². The Bertz CT molecular complexity index is 368. The average Bonchev–Trinajstić information content (AvgIpc) is 1.91. The molecular weight excluding hydrogens is 176 g/mol. The summed E-state index contributed by atoms with van der Waals surface area (Å²) in [5, 5.41) is 0. The van der Waals surface area contributed by atoms with Crippen molar-refractivity contribution in [2.24, 2.45) is 0 Å². The lowest BCUT2D eigenvalue weighted by atomic mass is 10.1. The van der Waals surface area contributed by atoms with Crippen molar-refractivity contribution in [2.75, 3.05) is 0 Å². The van der Waals surface area contributed by atoms with Crippen LogP contribution in [0.25, 0.3) is 0 Å². The maximum atomic E-state index is 10.5. The van der Waals surface area contributed by atoms with Gasteiger partial charge < -0.3 is 0 Å². The van der Waals surface area contributed by atoms with Crippen LogP contribution in [0.2, 0.25) is 0 Å². The summed E-state index contributed by atoms with van der Waals surface area (Å²) >= 11 is 0. The van der Waals surface area contributed by atoms with Gasteiger partial charge in [-0.15, -0.1) is 0 Å². The van der Waals surface area contributed by atoms with Crippen molar-refractivity contribution in [1.29, 1.82) is 0 Å². The molecule has 12 heavy (non-hydrogen) atoms. The van der Waals surface area contributed by atoms with Gasteiger partial charge in [-0.05, 0) is 18.1 Å². The molecule has 0 aromatic heterocycles. The number of rotatable bonds is 2. The minimum atomic E-state index is -3.94. The van der Waals surface area contributed by atoms with Crippen molar-refractivity contribution >= 4 is 10.1 Å². The van der Waals surface area contributed by atoms with Gasteiger partial charge in [0.1, 0.15) is 5.75 Å². The highest BCUT2D eigenvalue weighted by molar-refractivity contribution is 7.85. The van der Waals surface area contributed by atoms with E-state index in [1.54, 1.807) is 24.3 Å². The van der Waals surface area contributed by atoms with Gasteiger partial charge in [0.2, 0.25) is 0 Å². The van der Waals surface area contributed by atoms with Crippen LogP contribution in [0.5, 0.6) is 0 Å². The van der Waals surface area contributed by atoms with Crippen LogP contribution in [-0.2, 0) is 15.9 Å². The van der Waals surface area contributed by atoms with E-state index >= 15 is 0 Å². The van der Waals surface area contributed by atoms with Gasteiger partial charge in [-0.1, -0.05) is 24.3 Å². The second-order valence-corrected chi connectivity index (χ2v) is 3.95. The number of hydrogen-bond donors (Lipinski definition) is 1. The summed E-state index contributed by atoms with van der Waals surface area (Å²) in [5.74, 6) is -0.368. The van der Waals surface area contributed by atoms with Crippen LogP contribution in [-0.4, -0.2) is 13.0 Å². The molecule has 0 spiro atoms. The van der Waals surface area contributed by atoms with E-state index in [0.29, 0.717) is 11.1 Å². The van der Waals surface area contributed by atoms with E-state index in [1.807, 2.05) is 0 Å². The summed E-state index contributed by atoms with van der Waals surface area (Å²) in [4.78, 5) is 0. The van der Waals surface area contributed by atoms with E-state index in [4.69, 9.17) is 4.55 Å². The van der Waals surface area contributed by atoms with Crippen molar-refractivity contribution in [1.82, 2.24) is 0 Å². The largest absolute Gasteiger partial charge is 0.285 e. The average molecular weight is 185 g/mol. The Kier molecular flexibility index (Phi) is 2.49. The van der Waals surface area contributed by atoms with Crippen molar-refractivity contribution < 1.29 is 13.0 Å². The molecule has 65 valence electrons. The lowest BCUT2D eigenvalue weighted by molar-refractivity contribution is 0.482. The quantitative estimate of drug-likeness (QED) is 0.705. The molecule has 0 aliphatic heterocycles. The van der Waals surface area contributed by atoms with Crippen LogP contribution in [0.4, 0.5) is 0 Å². The fraction of sp³-hybridized carbons (Fsp3) is 0.125. The molecule has 0 aliphatic carbocycles. The van der Waals surface area contributed by atoms with Crippen LogP contribution < -0.4 is 0 Å². The Morgan fingerprint density at radius 2 is 1.92 bits per heavy atom. The second kappa shape index (κ2) is 3.25. The number of hydrogen-bond acceptors (Lipinski definition) is 2. The topological polar surface area (TPSA) is 54.4 Å². The summed E-state index contributed by atoms with van der Waals surface area (Å²) in [6.07, 6.45) is 0. The zero-order valence-corrected chi connectivity index (χ0v) is 7.21. The first-order chi connectivity index (χ1) is 5.49. The first kappa shape index (κ1) is 9.22. The van der Waals surface area contributed by atoms with Gasteiger partial charge in [0.15, 0.2) is 0 Å². The first-order valence-corrected chi connectivity index (χ1v) is 4.95. The molecule has 0 bridgehead atoms. The molecule has 0 saturated carbocycles. The summed E-state index contributed by atoms with van der Waals surface area (Å²) in [6, 6.07) is 6.78. The minimum absolute atomic E-state index is 0.368. The Morgan fingerprint density at radius 3 is 2.42 bits per heavy atom. The number of benzene rings is 1. The molecular formula is C8H9O3S. The predicted octanol–water partition coefficient (Wildman–Crippen LogP) is 1.26. The van der Waals surface area contributed by atoms with Gasteiger partial charge in [0, 0.05) is 0 Å². The van der Waals surface area contributed by atoms with Crippen molar-refractivity contribution in [3.8, 4) is 0 Å². The molecule has 0 fully saturated rings. The van der Waals surface area contributed by atoms with Gasteiger partial charge in [0.25, 0.3) is 10.1 Å². The Morgan fingerprint density at radius 1 is 1.33 bits per heavy atom.